The average molecular weight is 308 g/mol. The first-order chi connectivity index (χ1) is 10.2. The van der Waals surface area contributed by atoms with Gasteiger partial charge in [0, 0.05) is 23.5 Å². The van der Waals surface area contributed by atoms with Gasteiger partial charge in [0.1, 0.15) is 0 Å². The molecule has 1 N–H and O–H groups in total. The van der Waals surface area contributed by atoms with Crippen molar-refractivity contribution in [2.45, 2.75) is 71.4 Å². The summed E-state index contributed by atoms with van der Waals surface area (Å²) in [5.74, 6) is 0.932. The highest BCUT2D eigenvalue weighted by molar-refractivity contribution is 7.15. The number of nitrogens with one attached hydrogen (secondary N) is 1. The zero-order valence-corrected chi connectivity index (χ0v) is 14.5. The largest absolute Gasteiger partial charge is 0.345 e. The molecule has 1 aliphatic carbocycles. The lowest BCUT2D eigenvalue weighted by Crippen LogP contribution is -2.34. The van der Waals surface area contributed by atoms with E-state index in [1.165, 1.54) is 60.8 Å². The van der Waals surface area contributed by atoms with Crippen LogP contribution in [0.2, 0.25) is 0 Å². The Hall–Kier alpha value is -0.610. The Labute approximate surface area is 133 Å². The molecule has 1 aromatic rings. The van der Waals surface area contributed by atoms with Gasteiger partial charge in [0.05, 0.1) is 5.69 Å². The monoisotopic (exact) mass is 307 g/mol. The van der Waals surface area contributed by atoms with Crippen LogP contribution in [0.4, 0.5) is 5.13 Å². The summed E-state index contributed by atoms with van der Waals surface area (Å²) in [6.45, 7) is 8.97. The quantitative estimate of drug-likeness (QED) is 0.880. The van der Waals surface area contributed by atoms with Gasteiger partial charge in [0.2, 0.25) is 0 Å². The molecule has 2 heterocycles. The Kier molecular flexibility index (Phi) is 4.85. The lowest BCUT2D eigenvalue weighted by atomic mass is 9.85. The fourth-order valence-electron chi connectivity index (χ4n) is 4.02. The van der Waals surface area contributed by atoms with Crippen molar-refractivity contribution >= 4 is 16.5 Å². The summed E-state index contributed by atoms with van der Waals surface area (Å²) in [5.41, 5.74) is 1.23. The number of rotatable bonds is 5. The summed E-state index contributed by atoms with van der Waals surface area (Å²) < 4.78 is 0. The molecule has 0 aromatic carbocycles. The van der Waals surface area contributed by atoms with Gasteiger partial charge >= 0.3 is 0 Å². The fraction of sp³-hybridized carbons (Fsp3) is 0.824. The molecule has 0 amide bonds. The minimum absolute atomic E-state index is 0.431. The van der Waals surface area contributed by atoms with E-state index in [-0.39, 0.29) is 0 Å². The number of fused-ring (bicyclic) bond motifs is 1. The van der Waals surface area contributed by atoms with Crippen molar-refractivity contribution in [2.75, 3.05) is 18.0 Å². The summed E-state index contributed by atoms with van der Waals surface area (Å²) in [6.07, 6.45) is 8.22. The van der Waals surface area contributed by atoms with Crippen LogP contribution in [0.5, 0.6) is 0 Å². The summed E-state index contributed by atoms with van der Waals surface area (Å²) in [6, 6.07) is 1.21. The van der Waals surface area contributed by atoms with E-state index in [4.69, 9.17) is 4.98 Å². The van der Waals surface area contributed by atoms with E-state index in [1.54, 1.807) is 0 Å². The first-order valence-corrected chi connectivity index (χ1v) is 9.49. The van der Waals surface area contributed by atoms with E-state index in [2.05, 4.69) is 31.0 Å². The molecule has 3 nitrogen and oxygen atoms in total. The normalized spacial score (nSPS) is 26.9. The third-order valence-corrected chi connectivity index (χ3v) is 6.55. The Balaban J connectivity index is 1.74. The fourth-order valence-corrected chi connectivity index (χ4v) is 5.19. The molecule has 1 saturated carbocycles. The van der Waals surface area contributed by atoms with Crippen LogP contribution in [0.15, 0.2) is 0 Å². The van der Waals surface area contributed by atoms with E-state index >= 15 is 0 Å². The number of hydrogen-bond acceptors (Lipinski definition) is 4. The van der Waals surface area contributed by atoms with E-state index < -0.39 is 0 Å². The molecule has 21 heavy (non-hydrogen) atoms. The Morgan fingerprint density at radius 1 is 1.33 bits per heavy atom. The summed E-state index contributed by atoms with van der Waals surface area (Å²) in [7, 11) is 0. The molecule has 1 aliphatic heterocycles. The highest BCUT2D eigenvalue weighted by atomic mass is 32.1. The van der Waals surface area contributed by atoms with Crippen molar-refractivity contribution < 1.29 is 0 Å². The number of nitrogens with zero attached hydrogens (tertiary/aromatic N) is 2. The molecule has 0 radical (unpaired) electrons. The Morgan fingerprint density at radius 3 is 2.95 bits per heavy atom. The van der Waals surface area contributed by atoms with E-state index in [0.29, 0.717) is 6.04 Å². The Morgan fingerprint density at radius 2 is 2.14 bits per heavy atom. The molecular weight excluding hydrogens is 278 g/mol. The van der Waals surface area contributed by atoms with Crippen LogP contribution in [-0.2, 0) is 0 Å². The van der Waals surface area contributed by atoms with Crippen molar-refractivity contribution in [3.8, 4) is 0 Å². The third-order valence-electron chi connectivity index (χ3n) is 5.17. The Bertz CT molecular complexity index is 471. The van der Waals surface area contributed by atoms with E-state index in [9.17, 15) is 0 Å². The van der Waals surface area contributed by atoms with Crippen LogP contribution >= 0.6 is 11.3 Å². The van der Waals surface area contributed by atoms with Crippen LogP contribution in [0, 0.1) is 12.8 Å². The van der Waals surface area contributed by atoms with Gasteiger partial charge in [-0.1, -0.05) is 19.8 Å². The topological polar surface area (TPSA) is 28.2 Å². The molecule has 0 spiro atoms. The molecule has 0 bridgehead atoms. The van der Waals surface area contributed by atoms with Crippen molar-refractivity contribution in [1.82, 2.24) is 10.3 Å². The second-order valence-corrected chi connectivity index (χ2v) is 7.72. The van der Waals surface area contributed by atoms with Crippen molar-refractivity contribution in [3.05, 3.63) is 10.6 Å². The summed E-state index contributed by atoms with van der Waals surface area (Å²) >= 11 is 1.92. The second kappa shape index (κ2) is 6.66. The first-order valence-electron chi connectivity index (χ1n) is 8.68. The highest BCUT2D eigenvalue weighted by Crippen LogP contribution is 2.41. The number of aryl methyl sites for hydroxylation is 1. The SMILES string of the molecule is CCCNC(C)c1sc(N2CCC3CCCCC32)nc1C. The number of anilines is 1. The van der Waals surface area contributed by atoms with Crippen molar-refractivity contribution in [1.29, 1.82) is 0 Å². The molecule has 1 aromatic heterocycles. The maximum absolute atomic E-state index is 4.92. The van der Waals surface area contributed by atoms with Gasteiger partial charge in [0.15, 0.2) is 5.13 Å². The number of aromatic nitrogens is 1. The maximum Gasteiger partial charge on any atom is 0.186 e. The van der Waals surface area contributed by atoms with Gasteiger partial charge in [0.25, 0.3) is 0 Å². The van der Waals surface area contributed by atoms with Crippen molar-refractivity contribution in [2.24, 2.45) is 5.92 Å². The van der Waals surface area contributed by atoms with Gasteiger partial charge in [-0.3, -0.25) is 0 Å². The van der Waals surface area contributed by atoms with Gasteiger partial charge in [-0.25, -0.2) is 4.98 Å². The van der Waals surface area contributed by atoms with Gasteiger partial charge in [-0.2, -0.15) is 0 Å². The molecule has 3 unspecified atom stereocenters. The van der Waals surface area contributed by atoms with Gasteiger partial charge < -0.3 is 10.2 Å². The van der Waals surface area contributed by atoms with Crippen molar-refractivity contribution in [3.63, 3.8) is 0 Å². The van der Waals surface area contributed by atoms with Crippen LogP contribution in [-0.4, -0.2) is 24.1 Å². The molecule has 2 fully saturated rings. The predicted molar refractivity (Wildman–Crippen MR) is 91.3 cm³/mol. The standard InChI is InChI=1S/C17H29N3S/c1-4-10-18-12(2)16-13(3)19-17(21-16)20-11-9-14-7-5-6-8-15(14)20/h12,14-15,18H,4-11H2,1-3H3. The van der Waals surface area contributed by atoms with Crippen LogP contribution < -0.4 is 10.2 Å². The smallest absolute Gasteiger partial charge is 0.186 e. The van der Waals surface area contributed by atoms with E-state index in [0.717, 1.165) is 18.5 Å². The third kappa shape index (κ3) is 3.11. The summed E-state index contributed by atoms with van der Waals surface area (Å²) in [4.78, 5) is 8.97. The first kappa shape index (κ1) is 15.3. The van der Waals surface area contributed by atoms with E-state index in [1.807, 2.05) is 11.3 Å². The average Bonchev–Trinajstić information content (AvgIpc) is 3.08. The molecule has 1 saturated heterocycles. The van der Waals surface area contributed by atoms with Crippen LogP contribution in [0.1, 0.15) is 69.0 Å². The van der Waals surface area contributed by atoms with Gasteiger partial charge in [-0.05, 0) is 52.0 Å². The molecule has 3 rings (SSSR count). The number of hydrogen-bond donors (Lipinski definition) is 1. The molecule has 4 heteroatoms. The predicted octanol–water partition coefficient (Wildman–Crippen LogP) is 4.28. The molecular formula is C17H29N3S. The zero-order chi connectivity index (χ0) is 14.8. The number of thiazole rings is 1. The summed E-state index contributed by atoms with van der Waals surface area (Å²) in [5, 5.41) is 4.88. The molecule has 118 valence electrons. The molecule has 2 aliphatic rings. The highest BCUT2D eigenvalue weighted by Gasteiger charge is 2.37. The maximum atomic E-state index is 4.92. The lowest BCUT2D eigenvalue weighted by molar-refractivity contribution is 0.342. The lowest BCUT2D eigenvalue weighted by Gasteiger charge is -2.31. The van der Waals surface area contributed by atoms with Crippen LogP contribution in [0.3, 0.4) is 0 Å². The minimum atomic E-state index is 0.431. The van der Waals surface area contributed by atoms with Gasteiger partial charge in [-0.15, -0.1) is 11.3 Å². The molecule has 3 atom stereocenters. The zero-order valence-electron chi connectivity index (χ0n) is 13.7. The second-order valence-electron chi connectivity index (χ2n) is 6.72. The minimum Gasteiger partial charge on any atom is -0.345 e. The van der Waals surface area contributed by atoms with Crippen LogP contribution in [0.25, 0.3) is 0 Å².